The maximum atomic E-state index is 11.2. The Bertz CT molecular complexity index is 187. The third kappa shape index (κ3) is 3.64. The zero-order chi connectivity index (χ0) is 10.6. The van der Waals surface area contributed by atoms with E-state index in [-0.39, 0.29) is 12.0 Å². The van der Waals surface area contributed by atoms with Gasteiger partial charge in [0.2, 0.25) is 0 Å². The van der Waals surface area contributed by atoms with E-state index in [4.69, 9.17) is 10.5 Å². The Morgan fingerprint density at radius 1 is 1.57 bits per heavy atom. The largest absolute Gasteiger partial charge is 0.465 e. The minimum atomic E-state index is -0.145. The highest BCUT2D eigenvalue weighted by Crippen LogP contribution is 2.14. The molecule has 0 bridgehead atoms. The number of hydrogen-bond donors (Lipinski definition) is 1. The van der Waals surface area contributed by atoms with Gasteiger partial charge in [-0.25, -0.2) is 0 Å². The smallest absolute Gasteiger partial charge is 0.320 e. The van der Waals surface area contributed by atoms with E-state index in [0.717, 1.165) is 19.5 Å². The second-order valence-corrected chi connectivity index (χ2v) is 4.10. The number of ether oxygens (including phenoxy) is 1. The highest BCUT2D eigenvalue weighted by Gasteiger charge is 2.23. The van der Waals surface area contributed by atoms with E-state index in [1.165, 1.54) is 0 Å². The zero-order valence-corrected chi connectivity index (χ0v) is 9.03. The van der Waals surface area contributed by atoms with Crippen LogP contribution in [0.25, 0.3) is 0 Å². The monoisotopic (exact) mass is 200 g/mol. The van der Waals surface area contributed by atoms with Crippen LogP contribution in [0, 0.1) is 5.92 Å². The molecule has 2 unspecified atom stereocenters. The van der Waals surface area contributed by atoms with E-state index in [2.05, 4.69) is 11.8 Å². The summed E-state index contributed by atoms with van der Waals surface area (Å²) in [5.74, 6) is 0.432. The Kier molecular flexibility index (Phi) is 4.35. The molecule has 1 heterocycles. The molecule has 4 heteroatoms. The molecule has 4 nitrogen and oxygen atoms in total. The fourth-order valence-electron chi connectivity index (χ4n) is 2.03. The molecule has 0 amide bonds. The van der Waals surface area contributed by atoms with Crippen LogP contribution in [0.2, 0.25) is 0 Å². The van der Waals surface area contributed by atoms with Gasteiger partial charge >= 0.3 is 5.97 Å². The Hall–Kier alpha value is -0.610. The maximum absolute atomic E-state index is 11.2. The highest BCUT2D eigenvalue weighted by atomic mass is 16.5. The minimum Gasteiger partial charge on any atom is -0.465 e. The number of hydrogen-bond acceptors (Lipinski definition) is 4. The summed E-state index contributed by atoms with van der Waals surface area (Å²) in [5, 5.41) is 0. The van der Waals surface area contributed by atoms with Crippen LogP contribution in [0.5, 0.6) is 0 Å². The van der Waals surface area contributed by atoms with Crippen LogP contribution in [0.1, 0.15) is 20.3 Å². The molecular weight excluding hydrogens is 180 g/mol. The molecule has 2 N–H and O–H groups in total. The average molecular weight is 200 g/mol. The third-order valence-electron chi connectivity index (χ3n) is 2.43. The van der Waals surface area contributed by atoms with Crippen LogP contribution in [0.15, 0.2) is 0 Å². The lowest BCUT2D eigenvalue weighted by molar-refractivity contribution is -0.144. The lowest BCUT2D eigenvalue weighted by Gasteiger charge is -2.33. The minimum absolute atomic E-state index is 0.145. The van der Waals surface area contributed by atoms with Gasteiger partial charge in [0, 0.05) is 19.1 Å². The van der Waals surface area contributed by atoms with Crippen LogP contribution in [-0.2, 0) is 9.53 Å². The van der Waals surface area contributed by atoms with Crippen molar-refractivity contribution in [2.24, 2.45) is 11.7 Å². The first-order chi connectivity index (χ1) is 6.61. The van der Waals surface area contributed by atoms with E-state index < -0.39 is 0 Å². The van der Waals surface area contributed by atoms with Gasteiger partial charge in [-0.3, -0.25) is 9.69 Å². The van der Waals surface area contributed by atoms with Crippen molar-refractivity contribution in [2.45, 2.75) is 26.3 Å². The predicted molar refractivity (Wildman–Crippen MR) is 54.8 cm³/mol. The summed E-state index contributed by atoms with van der Waals surface area (Å²) < 4.78 is 4.89. The first-order valence-electron chi connectivity index (χ1n) is 5.25. The Balaban J connectivity index is 2.33. The Morgan fingerprint density at radius 3 is 2.86 bits per heavy atom. The number of carbonyl (C=O) groups is 1. The van der Waals surface area contributed by atoms with Crippen molar-refractivity contribution in [3.05, 3.63) is 0 Å². The fraction of sp³-hybridized carbons (Fsp3) is 0.900. The molecule has 0 radical (unpaired) electrons. The van der Waals surface area contributed by atoms with Crippen molar-refractivity contribution in [3.63, 3.8) is 0 Å². The van der Waals surface area contributed by atoms with Crippen LogP contribution < -0.4 is 5.73 Å². The first kappa shape index (κ1) is 11.5. The third-order valence-corrected chi connectivity index (χ3v) is 2.43. The molecule has 0 saturated carbocycles. The highest BCUT2D eigenvalue weighted by molar-refractivity contribution is 5.71. The number of carbonyl (C=O) groups excluding carboxylic acids is 1. The molecular formula is C10H20N2O2. The molecule has 1 rings (SSSR count). The zero-order valence-electron chi connectivity index (χ0n) is 9.03. The second kappa shape index (κ2) is 5.32. The topological polar surface area (TPSA) is 55.6 Å². The van der Waals surface area contributed by atoms with Crippen molar-refractivity contribution < 1.29 is 9.53 Å². The lowest BCUT2D eigenvalue weighted by Crippen LogP contribution is -2.48. The van der Waals surface area contributed by atoms with E-state index >= 15 is 0 Å². The van der Waals surface area contributed by atoms with Crippen molar-refractivity contribution in [1.29, 1.82) is 0 Å². The second-order valence-electron chi connectivity index (χ2n) is 4.10. The molecule has 14 heavy (non-hydrogen) atoms. The van der Waals surface area contributed by atoms with E-state index in [0.29, 0.717) is 19.1 Å². The number of likely N-dealkylation sites (tertiary alicyclic amines) is 1. The molecule has 0 aromatic heterocycles. The van der Waals surface area contributed by atoms with Crippen LogP contribution in [-0.4, -0.2) is 43.2 Å². The van der Waals surface area contributed by atoms with Gasteiger partial charge in [-0.2, -0.15) is 0 Å². The molecule has 0 aromatic rings. The van der Waals surface area contributed by atoms with Gasteiger partial charge in [-0.05, 0) is 19.3 Å². The molecule has 1 fully saturated rings. The summed E-state index contributed by atoms with van der Waals surface area (Å²) in [6.45, 7) is 6.58. The van der Waals surface area contributed by atoms with Crippen LogP contribution in [0.3, 0.4) is 0 Å². The van der Waals surface area contributed by atoms with Crippen LogP contribution in [0.4, 0.5) is 0 Å². The average Bonchev–Trinajstić information content (AvgIpc) is 2.01. The Labute approximate surface area is 85.4 Å². The summed E-state index contributed by atoms with van der Waals surface area (Å²) in [7, 11) is 0. The van der Waals surface area contributed by atoms with Gasteiger partial charge in [0.05, 0.1) is 13.2 Å². The number of nitrogens with zero attached hydrogens (tertiary/aromatic N) is 1. The van der Waals surface area contributed by atoms with Crippen LogP contribution >= 0.6 is 0 Å². The molecule has 0 aromatic carbocycles. The summed E-state index contributed by atoms with van der Waals surface area (Å²) in [5.41, 5.74) is 5.87. The van der Waals surface area contributed by atoms with Crippen molar-refractivity contribution >= 4 is 5.97 Å². The quantitative estimate of drug-likeness (QED) is 0.662. The lowest BCUT2D eigenvalue weighted by atomic mass is 9.97. The number of esters is 1. The van der Waals surface area contributed by atoms with Gasteiger partial charge in [-0.1, -0.05) is 6.92 Å². The van der Waals surface area contributed by atoms with Crippen molar-refractivity contribution in [1.82, 2.24) is 4.90 Å². The molecule has 82 valence electrons. The van der Waals surface area contributed by atoms with E-state index in [1.54, 1.807) is 0 Å². The molecule has 1 aliphatic rings. The number of nitrogens with two attached hydrogens (primary N) is 1. The summed E-state index contributed by atoms with van der Waals surface area (Å²) >= 11 is 0. The first-order valence-corrected chi connectivity index (χ1v) is 5.25. The molecule has 1 saturated heterocycles. The predicted octanol–water partition coefficient (Wildman–Crippen LogP) is 0.219. The molecule has 2 atom stereocenters. The summed E-state index contributed by atoms with van der Waals surface area (Å²) in [6, 6.07) is 0.202. The van der Waals surface area contributed by atoms with E-state index in [9.17, 15) is 4.79 Å². The van der Waals surface area contributed by atoms with Gasteiger partial charge in [0.25, 0.3) is 0 Å². The van der Waals surface area contributed by atoms with Crippen molar-refractivity contribution in [3.8, 4) is 0 Å². The van der Waals surface area contributed by atoms with Gasteiger partial charge < -0.3 is 10.5 Å². The van der Waals surface area contributed by atoms with Gasteiger partial charge in [-0.15, -0.1) is 0 Å². The number of rotatable bonds is 3. The van der Waals surface area contributed by atoms with Crippen molar-refractivity contribution in [2.75, 3.05) is 26.2 Å². The summed E-state index contributed by atoms with van der Waals surface area (Å²) in [6.07, 6.45) is 1.05. The maximum Gasteiger partial charge on any atom is 0.320 e. The van der Waals surface area contributed by atoms with Gasteiger partial charge in [0.15, 0.2) is 0 Å². The molecule has 0 aliphatic carbocycles. The molecule has 1 aliphatic heterocycles. The SMILES string of the molecule is CCOC(=O)CN1CC(C)CC(N)C1. The standard InChI is InChI=1S/C10H20N2O2/c1-3-14-10(13)7-12-5-8(2)4-9(11)6-12/h8-9H,3-7,11H2,1-2H3. The Morgan fingerprint density at radius 2 is 2.29 bits per heavy atom. The molecule has 0 spiro atoms. The fourth-order valence-corrected chi connectivity index (χ4v) is 2.03. The van der Waals surface area contributed by atoms with E-state index in [1.807, 2.05) is 6.92 Å². The number of piperidine rings is 1. The van der Waals surface area contributed by atoms with Gasteiger partial charge in [0.1, 0.15) is 0 Å². The normalized spacial score (nSPS) is 28.8. The summed E-state index contributed by atoms with van der Waals surface area (Å²) in [4.78, 5) is 13.3.